The molecule has 3 rings (SSSR count). The zero-order valence-corrected chi connectivity index (χ0v) is 13.0. The molecule has 1 aromatic heterocycles. The van der Waals surface area contributed by atoms with Crippen LogP contribution < -0.4 is 0 Å². The first-order chi connectivity index (χ1) is 10.1. The lowest BCUT2D eigenvalue weighted by Gasteiger charge is -2.27. The monoisotopic (exact) mass is 299 g/mol. The van der Waals surface area contributed by atoms with Crippen molar-refractivity contribution in [2.45, 2.75) is 20.3 Å². The van der Waals surface area contributed by atoms with Crippen molar-refractivity contribution in [1.82, 2.24) is 4.90 Å². The van der Waals surface area contributed by atoms with E-state index in [1.807, 2.05) is 44.2 Å². The van der Waals surface area contributed by atoms with Crippen molar-refractivity contribution in [2.75, 3.05) is 13.1 Å². The average molecular weight is 299 g/mol. The molecular formula is C17H17NO2S. The van der Waals surface area contributed by atoms with Gasteiger partial charge in [0.15, 0.2) is 5.78 Å². The quantitative estimate of drug-likeness (QED) is 0.816. The van der Waals surface area contributed by atoms with Gasteiger partial charge in [-0.1, -0.05) is 18.2 Å². The lowest BCUT2D eigenvalue weighted by atomic mass is 9.98. The molecule has 3 nitrogen and oxygen atoms in total. The molecule has 0 radical (unpaired) electrons. The van der Waals surface area contributed by atoms with Gasteiger partial charge in [0, 0.05) is 27.4 Å². The van der Waals surface area contributed by atoms with Crippen LogP contribution in [0, 0.1) is 13.8 Å². The van der Waals surface area contributed by atoms with Gasteiger partial charge in [0.2, 0.25) is 0 Å². The van der Waals surface area contributed by atoms with Gasteiger partial charge in [-0.05, 0) is 38.0 Å². The molecule has 0 bridgehead atoms. The van der Waals surface area contributed by atoms with Gasteiger partial charge >= 0.3 is 0 Å². The number of ketones is 1. The maximum atomic E-state index is 12.4. The summed E-state index contributed by atoms with van der Waals surface area (Å²) < 4.78 is 0. The first-order valence-electron chi connectivity index (χ1n) is 7.03. The third-order valence-electron chi connectivity index (χ3n) is 3.86. The molecule has 1 aromatic carbocycles. The summed E-state index contributed by atoms with van der Waals surface area (Å²) in [6.07, 6.45) is 0.816. The summed E-state index contributed by atoms with van der Waals surface area (Å²) in [5.74, 6) is -0.000569. The summed E-state index contributed by atoms with van der Waals surface area (Å²) in [5, 5.41) is 0. The Morgan fingerprint density at radius 3 is 2.76 bits per heavy atom. The van der Waals surface area contributed by atoms with Crippen LogP contribution in [0.5, 0.6) is 0 Å². The van der Waals surface area contributed by atoms with E-state index in [-0.39, 0.29) is 18.2 Å². The minimum Gasteiger partial charge on any atom is -0.331 e. The first-order valence-corrected chi connectivity index (χ1v) is 7.85. The van der Waals surface area contributed by atoms with Gasteiger partial charge in [0.05, 0.1) is 6.54 Å². The molecule has 1 amide bonds. The smallest absolute Gasteiger partial charge is 0.254 e. The highest BCUT2D eigenvalue weighted by Gasteiger charge is 2.26. The standard InChI is InChI=1S/C17H17NO2S/c1-11-9-15(12(2)21-11)16(19)10-18-8-7-13-5-3-4-6-14(13)17(18)20/h3-6,9H,7-8,10H2,1-2H3. The van der Waals surface area contributed by atoms with E-state index in [0.29, 0.717) is 6.54 Å². The summed E-state index contributed by atoms with van der Waals surface area (Å²) in [7, 11) is 0. The summed E-state index contributed by atoms with van der Waals surface area (Å²) in [6, 6.07) is 9.57. The van der Waals surface area contributed by atoms with Crippen LogP contribution in [0.25, 0.3) is 0 Å². The van der Waals surface area contributed by atoms with Gasteiger partial charge in [-0.3, -0.25) is 9.59 Å². The predicted octanol–water partition coefficient (Wildman–Crippen LogP) is 3.25. The summed E-state index contributed by atoms with van der Waals surface area (Å²) in [5.41, 5.74) is 2.56. The zero-order chi connectivity index (χ0) is 15.0. The molecule has 0 atom stereocenters. The molecule has 1 aliphatic heterocycles. The van der Waals surface area contributed by atoms with Gasteiger partial charge in [0.25, 0.3) is 5.91 Å². The molecule has 0 spiro atoms. The number of nitrogens with zero attached hydrogens (tertiary/aromatic N) is 1. The molecule has 108 valence electrons. The highest BCUT2D eigenvalue weighted by atomic mass is 32.1. The van der Waals surface area contributed by atoms with Crippen LogP contribution in [0.1, 0.15) is 36.0 Å². The van der Waals surface area contributed by atoms with E-state index in [1.54, 1.807) is 16.2 Å². The van der Waals surface area contributed by atoms with E-state index < -0.39 is 0 Å². The van der Waals surface area contributed by atoms with Gasteiger partial charge in [-0.25, -0.2) is 0 Å². The van der Waals surface area contributed by atoms with Crippen LogP contribution in [0.2, 0.25) is 0 Å². The Bertz CT molecular complexity index is 717. The van der Waals surface area contributed by atoms with Crippen LogP contribution in [0.4, 0.5) is 0 Å². The first kappa shape index (κ1) is 14.0. The summed E-state index contributed by atoms with van der Waals surface area (Å²) >= 11 is 1.62. The summed E-state index contributed by atoms with van der Waals surface area (Å²) in [4.78, 5) is 28.7. The van der Waals surface area contributed by atoms with Crippen molar-refractivity contribution in [3.8, 4) is 0 Å². The average Bonchev–Trinajstić information content (AvgIpc) is 2.81. The SMILES string of the molecule is Cc1cc(C(=O)CN2CCc3ccccc3C2=O)c(C)s1. The van der Waals surface area contributed by atoms with Gasteiger partial charge < -0.3 is 4.90 Å². The van der Waals surface area contributed by atoms with Crippen molar-refractivity contribution in [3.63, 3.8) is 0 Å². The number of aryl methyl sites for hydroxylation is 2. The number of thiophene rings is 1. The predicted molar refractivity (Wildman–Crippen MR) is 84.2 cm³/mol. The number of carbonyl (C=O) groups excluding carboxylic acids is 2. The highest BCUT2D eigenvalue weighted by Crippen LogP contribution is 2.23. The van der Waals surface area contributed by atoms with E-state index in [0.717, 1.165) is 32.9 Å². The molecule has 4 heteroatoms. The highest BCUT2D eigenvalue weighted by molar-refractivity contribution is 7.12. The molecule has 2 heterocycles. The minimum absolute atomic E-state index is 0.0320. The van der Waals surface area contributed by atoms with Crippen molar-refractivity contribution in [1.29, 1.82) is 0 Å². The van der Waals surface area contributed by atoms with E-state index in [4.69, 9.17) is 0 Å². The van der Waals surface area contributed by atoms with Crippen LogP contribution in [0.3, 0.4) is 0 Å². The second-order valence-electron chi connectivity index (χ2n) is 5.38. The second-order valence-corrected chi connectivity index (χ2v) is 6.84. The van der Waals surface area contributed by atoms with E-state index in [9.17, 15) is 9.59 Å². The topological polar surface area (TPSA) is 37.4 Å². The van der Waals surface area contributed by atoms with Gasteiger partial charge in [-0.2, -0.15) is 0 Å². The third kappa shape index (κ3) is 2.63. The van der Waals surface area contributed by atoms with Crippen molar-refractivity contribution < 1.29 is 9.59 Å². The number of rotatable bonds is 3. The van der Waals surface area contributed by atoms with Crippen LogP contribution >= 0.6 is 11.3 Å². The van der Waals surface area contributed by atoms with Crippen molar-refractivity contribution >= 4 is 23.0 Å². The number of hydrogen-bond acceptors (Lipinski definition) is 3. The Balaban J connectivity index is 1.79. The van der Waals surface area contributed by atoms with E-state index in [1.165, 1.54) is 0 Å². The lowest BCUT2D eigenvalue weighted by Crippen LogP contribution is -2.40. The maximum Gasteiger partial charge on any atom is 0.254 e. The van der Waals surface area contributed by atoms with Crippen molar-refractivity contribution in [2.24, 2.45) is 0 Å². The van der Waals surface area contributed by atoms with Crippen molar-refractivity contribution in [3.05, 3.63) is 56.8 Å². The number of carbonyl (C=O) groups is 2. The number of amides is 1. The normalized spacial score (nSPS) is 14.2. The second kappa shape index (κ2) is 5.45. The zero-order valence-electron chi connectivity index (χ0n) is 12.2. The molecule has 0 saturated carbocycles. The molecule has 0 unspecified atom stereocenters. The molecule has 0 fully saturated rings. The Kier molecular flexibility index (Phi) is 3.64. The molecule has 0 N–H and O–H groups in total. The Hall–Kier alpha value is -1.94. The molecule has 21 heavy (non-hydrogen) atoms. The fourth-order valence-corrected chi connectivity index (χ4v) is 3.73. The molecule has 0 aliphatic carbocycles. The number of benzene rings is 1. The molecular weight excluding hydrogens is 282 g/mol. The van der Waals surface area contributed by atoms with E-state index >= 15 is 0 Å². The van der Waals surface area contributed by atoms with Gasteiger partial charge in [0.1, 0.15) is 0 Å². The van der Waals surface area contributed by atoms with E-state index in [2.05, 4.69) is 0 Å². The Morgan fingerprint density at radius 2 is 2.05 bits per heavy atom. The van der Waals surface area contributed by atoms with Gasteiger partial charge in [-0.15, -0.1) is 11.3 Å². The largest absolute Gasteiger partial charge is 0.331 e. The fourth-order valence-electron chi connectivity index (χ4n) is 2.79. The molecule has 2 aromatic rings. The Morgan fingerprint density at radius 1 is 1.29 bits per heavy atom. The van der Waals surface area contributed by atoms with Crippen LogP contribution in [0.15, 0.2) is 30.3 Å². The third-order valence-corrected chi connectivity index (χ3v) is 4.83. The number of fused-ring (bicyclic) bond motifs is 1. The van der Waals surface area contributed by atoms with Crippen LogP contribution in [-0.2, 0) is 6.42 Å². The Labute approximate surface area is 128 Å². The van der Waals surface area contributed by atoms with Crippen LogP contribution in [-0.4, -0.2) is 29.7 Å². The fraction of sp³-hybridized carbons (Fsp3) is 0.294. The minimum atomic E-state index is -0.0326. The number of Topliss-reactive ketones (excluding diaryl/α,β-unsaturated/α-hetero) is 1. The molecule has 1 aliphatic rings. The maximum absolute atomic E-state index is 12.4. The number of hydrogen-bond donors (Lipinski definition) is 0. The molecule has 0 saturated heterocycles. The lowest BCUT2D eigenvalue weighted by molar-refractivity contribution is 0.0696. The summed E-state index contributed by atoms with van der Waals surface area (Å²) in [6.45, 7) is 4.74.